The van der Waals surface area contributed by atoms with E-state index in [1.54, 1.807) is 6.21 Å². The molecular formula is C30H43ClN2O2. The Morgan fingerprint density at radius 3 is 2.09 bits per heavy atom. The van der Waals surface area contributed by atoms with Gasteiger partial charge in [0.1, 0.15) is 12.4 Å². The van der Waals surface area contributed by atoms with Crippen molar-refractivity contribution in [2.75, 3.05) is 0 Å². The van der Waals surface area contributed by atoms with Crippen molar-refractivity contribution in [3.63, 3.8) is 0 Å². The molecule has 0 saturated heterocycles. The number of rotatable bonds is 19. The molecule has 0 bridgehead atoms. The highest BCUT2D eigenvalue weighted by Gasteiger charge is 2.01. The lowest BCUT2D eigenvalue weighted by atomic mass is 10.0. The maximum absolute atomic E-state index is 12.0. The second-order valence-electron chi connectivity index (χ2n) is 9.27. The van der Waals surface area contributed by atoms with Crippen LogP contribution < -0.4 is 10.2 Å². The minimum atomic E-state index is -0.0283. The van der Waals surface area contributed by atoms with Gasteiger partial charge in [0.2, 0.25) is 5.91 Å². The van der Waals surface area contributed by atoms with Crippen LogP contribution in [-0.4, -0.2) is 12.1 Å². The minimum Gasteiger partial charge on any atom is -0.489 e. The van der Waals surface area contributed by atoms with Crippen LogP contribution in [0.1, 0.15) is 108 Å². The second kappa shape index (κ2) is 18.9. The highest BCUT2D eigenvalue weighted by atomic mass is 35.5. The molecule has 0 aromatic heterocycles. The summed E-state index contributed by atoms with van der Waals surface area (Å²) in [5.74, 6) is 0.724. The van der Waals surface area contributed by atoms with Gasteiger partial charge in [0.15, 0.2) is 0 Å². The van der Waals surface area contributed by atoms with E-state index in [0.29, 0.717) is 18.1 Å². The molecule has 0 saturated carbocycles. The number of carbonyl (C=O) groups excluding carboxylic acids is 1. The quantitative estimate of drug-likeness (QED) is 0.119. The third-order valence-corrected chi connectivity index (χ3v) is 6.34. The van der Waals surface area contributed by atoms with Crippen molar-refractivity contribution >= 4 is 23.7 Å². The number of hydrogen-bond donors (Lipinski definition) is 1. The van der Waals surface area contributed by atoms with Crippen molar-refractivity contribution < 1.29 is 9.53 Å². The van der Waals surface area contributed by atoms with E-state index in [-0.39, 0.29) is 5.91 Å². The van der Waals surface area contributed by atoms with Crippen molar-refractivity contribution in [3.8, 4) is 5.75 Å². The summed E-state index contributed by atoms with van der Waals surface area (Å²) in [6.45, 7) is 2.73. The van der Waals surface area contributed by atoms with Crippen LogP contribution in [0.2, 0.25) is 5.02 Å². The first kappa shape index (κ1) is 28.9. The highest BCUT2D eigenvalue weighted by molar-refractivity contribution is 6.30. The summed E-state index contributed by atoms with van der Waals surface area (Å²) in [6.07, 6.45) is 19.1. The molecule has 0 spiro atoms. The Hall–Kier alpha value is -2.33. The average Bonchev–Trinajstić information content (AvgIpc) is 2.87. The molecule has 2 aromatic rings. The van der Waals surface area contributed by atoms with Gasteiger partial charge in [0, 0.05) is 11.4 Å². The number of nitrogens with one attached hydrogen (secondary N) is 1. The number of benzene rings is 2. The van der Waals surface area contributed by atoms with Crippen LogP contribution in [0.3, 0.4) is 0 Å². The van der Waals surface area contributed by atoms with Gasteiger partial charge in [0.25, 0.3) is 0 Å². The number of unbranched alkanes of at least 4 members (excludes halogenated alkanes) is 12. The van der Waals surface area contributed by atoms with E-state index in [9.17, 15) is 4.79 Å². The fraction of sp³-hybridized carbons (Fsp3) is 0.533. The van der Waals surface area contributed by atoms with Crippen LogP contribution in [0, 0.1) is 0 Å². The normalized spacial score (nSPS) is 11.1. The lowest BCUT2D eigenvalue weighted by Gasteiger charge is -2.07. The first-order chi connectivity index (χ1) is 17.2. The molecular weight excluding hydrogens is 456 g/mol. The molecule has 0 aliphatic rings. The zero-order chi connectivity index (χ0) is 25.0. The van der Waals surface area contributed by atoms with Crippen LogP contribution in [0.4, 0.5) is 0 Å². The summed E-state index contributed by atoms with van der Waals surface area (Å²) < 4.78 is 5.84. The smallest absolute Gasteiger partial charge is 0.240 e. The lowest BCUT2D eigenvalue weighted by Crippen LogP contribution is -2.16. The molecule has 0 atom stereocenters. The van der Waals surface area contributed by atoms with Gasteiger partial charge in [0.05, 0.1) is 6.21 Å². The first-order valence-electron chi connectivity index (χ1n) is 13.5. The molecule has 0 fully saturated rings. The monoisotopic (exact) mass is 498 g/mol. The second-order valence-corrected chi connectivity index (χ2v) is 9.71. The Bertz CT molecular complexity index is 852. The summed E-state index contributed by atoms with van der Waals surface area (Å²) in [7, 11) is 0. The average molecular weight is 499 g/mol. The largest absolute Gasteiger partial charge is 0.489 e. The number of carbonyl (C=O) groups is 1. The maximum atomic E-state index is 12.0. The molecule has 35 heavy (non-hydrogen) atoms. The summed E-state index contributed by atoms with van der Waals surface area (Å²) in [4.78, 5) is 12.0. The van der Waals surface area contributed by atoms with E-state index < -0.39 is 0 Å². The standard InChI is InChI=1S/C30H43ClN2O2/c1-2-3-4-5-6-7-8-9-10-11-12-13-14-18-30(34)33-32-24-27-16-15-17-29(23-27)35-25-26-19-21-28(31)22-20-26/h15-17,19-24H,2-14,18,25H2,1H3,(H,33,34)/b32-24+. The van der Waals surface area contributed by atoms with Gasteiger partial charge >= 0.3 is 0 Å². The van der Waals surface area contributed by atoms with Crippen molar-refractivity contribution in [2.24, 2.45) is 5.10 Å². The minimum absolute atomic E-state index is 0.0283. The van der Waals surface area contributed by atoms with Crippen molar-refractivity contribution in [2.45, 2.75) is 103 Å². The van der Waals surface area contributed by atoms with E-state index in [4.69, 9.17) is 16.3 Å². The third-order valence-electron chi connectivity index (χ3n) is 6.09. The van der Waals surface area contributed by atoms with Gasteiger partial charge in [-0.2, -0.15) is 5.10 Å². The molecule has 4 nitrogen and oxygen atoms in total. The number of nitrogens with zero attached hydrogens (tertiary/aromatic N) is 1. The van der Waals surface area contributed by atoms with Crippen molar-refractivity contribution in [1.29, 1.82) is 0 Å². The third kappa shape index (κ3) is 14.6. The van der Waals surface area contributed by atoms with Gasteiger partial charge in [-0.25, -0.2) is 5.43 Å². The highest BCUT2D eigenvalue weighted by Crippen LogP contribution is 2.16. The van der Waals surface area contributed by atoms with Gasteiger partial charge in [-0.05, 0) is 41.8 Å². The molecule has 1 N–H and O–H groups in total. The Kier molecular flexibility index (Phi) is 15.6. The lowest BCUT2D eigenvalue weighted by molar-refractivity contribution is -0.121. The topological polar surface area (TPSA) is 50.7 Å². The molecule has 2 rings (SSSR count). The Balaban J connectivity index is 1.49. The molecule has 5 heteroatoms. The van der Waals surface area contributed by atoms with Crippen LogP contribution in [0.25, 0.3) is 0 Å². The fourth-order valence-corrected chi connectivity index (χ4v) is 4.10. The number of hydrazone groups is 1. The van der Waals surface area contributed by atoms with Gasteiger partial charge in [-0.3, -0.25) is 4.79 Å². The van der Waals surface area contributed by atoms with Crippen LogP contribution in [-0.2, 0) is 11.4 Å². The molecule has 0 unspecified atom stereocenters. The Morgan fingerprint density at radius 1 is 0.857 bits per heavy atom. The van der Waals surface area contributed by atoms with Crippen LogP contribution in [0.15, 0.2) is 53.6 Å². The molecule has 0 heterocycles. The van der Waals surface area contributed by atoms with E-state index in [1.165, 1.54) is 70.6 Å². The maximum Gasteiger partial charge on any atom is 0.240 e. The molecule has 0 aliphatic carbocycles. The van der Waals surface area contributed by atoms with Gasteiger partial charge < -0.3 is 4.74 Å². The number of halogens is 1. The summed E-state index contributed by atoms with van der Waals surface area (Å²) >= 11 is 5.92. The summed E-state index contributed by atoms with van der Waals surface area (Å²) in [5, 5.41) is 4.81. The van der Waals surface area contributed by atoms with E-state index in [0.717, 1.165) is 29.7 Å². The Morgan fingerprint density at radius 2 is 1.46 bits per heavy atom. The Labute approximate surface area is 217 Å². The SMILES string of the molecule is CCCCCCCCCCCCCCCC(=O)N/N=C/c1cccc(OCc2ccc(Cl)cc2)c1. The molecule has 1 amide bonds. The predicted octanol–water partition coefficient (Wildman–Crippen LogP) is 8.85. The van der Waals surface area contributed by atoms with Crippen molar-refractivity contribution in [1.82, 2.24) is 5.43 Å². The van der Waals surface area contributed by atoms with Gasteiger partial charge in [-0.1, -0.05) is 120 Å². The van der Waals surface area contributed by atoms with E-state index >= 15 is 0 Å². The van der Waals surface area contributed by atoms with Crippen LogP contribution >= 0.6 is 11.6 Å². The van der Waals surface area contributed by atoms with Crippen LogP contribution in [0.5, 0.6) is 5.75 Å². The van der Waals surface area contributed by atoms with Crippen molar-refractivity contribution in [3.05, 3.63) is 64.7 Å². The zero-order valence-corrected chi connectivity index (χ0v) is 22.2. The first-order valence-corrected chi connectivity index (χ1v) is 13.8. The molecule has 0 aliphatic heterocycles. The molecule has 2 aromatic carbocycles. The predicted molar refractivity (Wildman–Crippen MR) is 148 cm³/mol. The molecule has 192 valence electrons. The van der Waals surface area contributed by atoms with E-state index in [1.807, 2.05) is 48.5 Å². The van der Waals surface area contributed by atoms with E-state index in [2.05, 4.69) is 17.5 Å². The molecule has 0 radical (unpaired) electrons. The summed E-state index contributed by atoms with van der Waals surface area (Å²) in [6, 6.07) is 15.2. The number of amides is 1. The fourth-order valence-electron chi connectivity index (χ4n) is 3.97. The number of ether oxygens (including phenoxy) is 1. The van der Waals surface area contributed by atoms with Gasteiger partial charge in [-0.15, -0.1) is 0 Å². The number of hydrogen-bond acceptors (Lipinski definition) is 3. The summed E-state index contributed by atoms with van der Waals surface area (Å²) in [5.41, 5.74) is 4.56. The zero-order valence-electron chi connectivity index (χ0n) is 21.4.